The molecule has 7 heteroatoms. The van der Waals surface area contributed by atoms with E-state index in [1.54, 1.807) is 13.1 Å². The molecule has 88 valence electrons. The molecule has 0 aromatic carbocycles. The maximum Gasteiger partial charge on any atom is 0.329 e. The lowest BCUT2D eigenvalue weighted by molar-refractivity contribution is -0.144. The maximum atomic E-state index is 11.5. The highest BCUT2D eigenvalue weighted by Crippen LogP contribution is 2.22. The van der Waals surface area contributed by atoms with Gasteiger partial charge in [-0.15, -0.1) is 0 Å². The standard InChI is InChI=1S/C9H12BrN3O2S/c1-3-15-8(14)6(11)7-5(10)4-12-9(13-7)16-2/h4,6H,3,11H2,1-2H3. The lowest BCUT2D eigenvalue weighted by Gasteiger charge is -2.11. The third-order valence-corrected chi connectivity index (χ3v) is 2.94. The third kappa shape index (κ3) is 3.16. The number of carbonyl (C=O) groups excluding carboxylic acids is 1. The minimum Gasteiger partial charge on any atom is -0.465 e. The molecule has 1 unspecified atom stereocenters. The molecule has 0 radical (unpaired) electrons. The van der Waals surface area contributed by atoms with Gasteiger partial charge in [-0.1, -0.05) is 11.8 Å². The van der Waals surface area contributed by atoms with Gasteiger partial charge in [-0.25, -0.2) is 14.8 Å². The monoisotopic (exact) mass is 305 g/mol. The Labute approximate surface area is 106 Å². The van der Waals surface area contributed by atoms with Crippen LogP contribution < -0.4 is 5.73 Å². The van der Waals surface area contributed by atoms with Crippen LogP contribution in [0.3, 0.4) is 0 Å². The Morgan fingerprint density at radius 2 is 2.44 bits per heavy atom. The highest BCUT2D eigenvalue weighted by molar-refractivity contribution is 9.10. The number of aromatic nitrogens is 2. The summed E-state index contributed by atoms with van der Waals surface area (Å²) < 4.78 is 5.44. The van der Waals surface area contributed by atoms with Gasteiger partial charge >= 0.3 is 5.97 Å². The minimum atomic E-state index is -0.886. The van der Waals surface area contributed by atoms with Crippen molar-refractivity contribution in [2.24, 2.45) is 5.73 Å². The van der Waals surface area contributed by atoms with Gasteiger partial charge in [0.05, 0.1) is 16.8 Å². The molecule has 0 aliphatic rings. The first kappa shape index (κ1) is 13.4. The van der Waals surface area contributed by atoms with Crippen LogP contribution >= 0.6 is 27.7 Å². The summed E-state index contributed by atoms with van der Waals surface area (Å²) >= 11 is 4.64. The molecule has 0 aliphatic heterocycles. The van der Waals surface area contributed by atoms with Gasteiger partial charge in [-0.3, -0.25) is 0 Å². The summed E-state index contributed by atoms with van der Waals surface area (Å²) in [4.78, 5) is 19.7. The molecule has 0 saturated heterocycles. The van der Waals surface area contributed by atoms with E-state index in [9.17, 15) is 4.79 Å². The second-order valence-electron chi connectivity index (χ2n) is 2.82. The number of ether oxygens (including phenoxy) is 1. The zero-order chi connectivity index (χ0) is 12.1. The Bertz CT molecular complexity index is 389. The third-order valence-electron chi connectivity index (χ3n) is 1.77. The molecule has 1 heterocycles. The van der Waals surface area contributed by atoms with E-state index in [0.717, 1.165) is 0 Å². The fourth-order valence-electron chi connectivity index (χ4n) is 1.02. The molecule has 0 amide bonds. The molecule has 1 atom stereocenters. The molecular formula is C9H12BrN3O2S. The Morgan fingerprint density at radius 3 is 3.00 bits per heavy atom. The Balaban J connectivity index is 2.97. The summed E-state index contributed by atoms with van der Waals surface area (Å²) in [5.74, 6) is -0.492. The number of rotatable bonds is 4. The van der Waals surface area contributed by atoms with Crippen molar-refractivity contribution < 1.29 is 9.53 Å². The zero-order valence-corrected chi connectivity index (χ0v) is 11.3. The van der Waals surface area contributed by atoms with Crippen LogP contribution in [0.25, 0.3) is 0 Å². The van der Waals surface area contributed by atoms with Crippen molar-refractivity contribution in [1.29, 1.82) is 0 Å². The molecule has 0 spiro atoms. The summed E-state index contributed by atoms with van der Waals surface area (Å²) in [6, 6.07) is -0.886. The number of nitrogens with two attached hydrogens (primary N) is 1. The van der Waals surface area contributed by atoms with Gasteiger partial charge in [-0.2, -0.15) is 0 Å². The van der Waals surface area contributed by atoms with E-state index < -0.39 is 12.0 Å². The molecule has 16 heavy (non-hydrogen) atoms. The summed E-state index contributed by atoms with van der Waals surface area (Å²) in [5, 5.41) is 0.568. The fourth-order valence-corrected chi connectivity index (χ4v) is 1.81. The predicted octanol–water partition coefficient (Wildman–Crippen LogP) is 1.52. The minimum absolute atomic E-state index is 0.296. The van der Waals surface area contributed by atoms with Crippen LogP contribution in [0.15, 0.2) is 15.8 Å². The average molecular weight is 306 g/mol. The highest BCUT2D eigenvalue weighted by atomic mass is 79.9. The topological polar surface area (TPSA) is 78.1 Å². The van der Waals surface area contributed by atoms with E-state index in [0.29, 0.717) is 21.9 Å². The van der Waals surface area contributed by atoms with E-state index >= 15 is 0 Å². The van der Waals surface area contributed by atoms with Crippen molar-refractivity contribution in [3.63, 3.8) is 0 Å². The Morgan fingerprint density at radius 1 is 1.75 bits per heavy atom. The molecule has 0 saturated carbocycles. The first-order chi connectivity index (χ1) is 7.60. The molecule has 1 rings (SSSR count). The number of hydrogen-bond donors (Lipinski definition) is 1. The Kier molecular flexibility index (Phi) is 5.17. The molecular weight excluding hydrogens is 294 g/mol. The van der Waals surface area contributed by atoms with Crippen LogP contribution in [0.2, 0.25) is 0 Å². The van der Waals surface area contributed by atoms with Gasteiger partial charge in [0.15, 0.2) is 5.16 Å². The van der Waals surface area contributed by atoms with E-state index in [-0.39, 0.29) is 0 Å². The molecule has 1 aromatic heterocycles. The number of esters is 1. The molecule has 0 fully saturated rings. The summed E-state index contributed by atoms with van der Waals surface area (Å²) in [6.45, 7) is 2.03. The zero-order valence-electron chi connectivity index (χ0n) is 8.94. The lowest BCUT2D eigenvalue weighted by Crippen LogP contribution is -2.25. The van der Waals surface area contributed by atoms with E-state index in [1.807, 2.05) is 6.26 Å². The van der Waals surface area contributed by atoms with Crippen molar-refractivity contribution in [2.45, 2.75) is 18.1 Å². The van der Waals surface area contributed by atoms with Crippen molar-refractivity contribution in [1.82, 2.24) is 9.97 Å². The second-order valence-corrected chi connectivity index (χ2v) is 4.45. The first-order valence-electron chi connectivity index (χ1n) is 4.58. The molecule has 5 nitrogen and oxygen atoms in total. The van der Waals surface area contributed by atoms with Crippen LogP contribution in [0.4, 0.5) is 0 Å². The van der Waals surface area contributed by atoms with Crippen molar-refractivity contribution in [2.75, 3.05) is 12.9 Å². The van der Waals surface area contributed by atoms with Crippen LogP contribution in [0.5, 0.6) is 0 Å². The van der Waals surface area contributed by atoms with Crippen LogP contribution in [-0.4, -0.2) is 28.8 Å². The number of halogens is 1. The fraction of sp³-hybridized carbons (Fsp3) is 0.444. The maximum absolute atomic E-state index is 11.5. The number of nitrogens with zero attached hydrogens (tertiary/aromatic N) is 2. The SMILES string of the molecule is CCOC(=O)C(N)c1nc(SC)ncc1Br. The number of carbonyl (C=O) groups is 1. The van der Waals surface area contributed by atoms with Gasteiger partial charge in [0, 0.05) is 6.20 Å². The van der Waals surface area contributed by atoms with Gasteiger partial charge in [-0.05, 0) is 29.1 Å². The normalized spacial score (nSPS) is 12.2. The van der Waals surface area contributed by atoms with E-state index in [4.69, 9.17) is 10.5 Å². The van der Waals surface area contributed by atoms with Gasteiger partial charge in [0.1, 0.15) is 6.04 Å². The summed E-state index contributed by atoms with van der Waals surface area (Å²) in [5.41, 5.74) is 6.19. The molecule has 0 bridgehead atoms. The second kappa shape index (κ2) is 6.17. The molecule has 0 aliphatic carbocycles. The predicted molar refractivity (Wildman–Crippen MR) is 65.1 cm³/mol. The molecule has 1 aromatic rings. The van der Waals surface area contributed by atoms with Gasteiger partial charge < -0.3 is 10.5 Å². The van der Waals surface area contributed by atoms with Crippen LogP contribution in [0.1, 0.15) is 18.7 Å². The average Bonchev–Trinajstić information content (AvgIpc) is 2.29. The number of thioether (sulfide) groups is 1. The van der Waals surface area contributed by atoms with Gasteiger partial charge in [0.25, 0.3) is 0 Å². The van der Waals surface area contributed by atoms with E-state index in [1.165, 1.54) is 11.8 Å². The van der Waals surface area contributed by atoms with Crippen molar-refractivity contribution in [3.8, 4) is 0 Å². The molecule has 2 N–H and O–H groups in total. The summed E-state index contributed by atoms with van der Waals surface area (Å²) in [6.07, 6.45) is 3.43. The first-order valence-corrected chi connectivity index (χ1v) is 6.60. The highest BCUT2D eigenvalue weighted by Gasteiger charge is 2.21. The number of hydrogen-bond acceptors (Lipinski definition) is 6. The lowest BCUT2D eigenvalue weighted by atomic mass is 10.2. The van der Waals surface area contributed by atoms with E-state index in [2.05, 4.69) is 25.9 Å². The largest absolute Gasteiger partial charge is 0.465 e. The Hall–Kier alpha value is -0.660. The smallest absolute Gasteiger partial charge is 0.329 e. The quantitative estimate of drug-likeness (QED) is 0.516. The summed E-state index contributed by atoms with van der Waals surface area (Å²) in [7, 11) is 0. The van der Waals surface area contributed by atoms with Crippen molar-refractivity contribution >= 4 is 33.7 Å². The van der Waals surface area contributed by atoms with Crippen LogP contribution in [-0.2, 0) is 9.53 Å². The van der Waals surface area contributed by atoms with Crippen LogP contribution in [0, 0.1) is 0 Å². The van der Waals surface area contributed by atoms with Crippen molar-refractivity contribution in [3.05, 3.63) is 16.4 Å². The van der Waals surface area contributed by atoms with Gasteiger partial charge in [0.2, 0.25) is 0 Å².